The van der Waals surface area contributed by atoms with Crippen LogP contribution in [0, 0.1) is 40.3 Å². The maximum Gasteiger partial charge on any atom is 0.329 e. The Morgan fingerprint density at radius 1 is 0.796 bits per heavy atom. The minimum atomic E-state index is -1.21. The molecule has 2 aliphatic rings. The first-order valence-electron chi connectivity index (χ1n) is 17.5. The van der Waals surface area contributed by atoms with E-state index in [0.29, 0.717) is 32.1 Å². The van der Waals surface area contributed by atoms with Gasteiger partial charge in [-0.3, -0.25) is 19.2 Å². The first-order valence-corrected chi connectivity index (χ1v) is 18.3. The zero-order valence-corrected chi connectivity index (χ0v) is 32.7. The fourth-order valence-corrected chi connectivity index (χ4v) is 6.83. The van der Waals surface area contributed by atoms with Crippen LogP contribution in [-0.4, -0.2) is 107 Å². The summed E-state index contributed by atoms with van der Waals surface area (Å²) in [6.07, 6.45) is 0.177. The highest BCUT2D eigenvalue weighted by Crippen LogP contribution is 2.27. The van der Waals surface area contributed by atoms with Gasteiger partial charge in [-0.15, -0.1) is 0 Å². The molecule has 2 saturated heterocycles. The number of rotatable bonds is 7. The van der Waals surface area contributed by atoms with Crippen LogP contribution in [0.15, 0.2) is 0 Å². The van der Waals surface area contributed by atoms with Crippen molar-refractivity contribution >= 4 is 51.5 Å². The highest BCUT2D eigenvalue weighted by molar-refractivity contribution is 9.12. The summed E-state index contributed by atoms with van der Waals surface area (Å²) in [7, 11) is 3.01. The highest BCUT2D eigenvalue weighted by atomic mass is 79.9. The monoisotopic (exact) mass is 752 g/mol. The van der Waals surface area contributed by atoms with Crippen molar-refractivity contribution in [1.82, 2.24) is 20.0 Å². The number of halogens is 1. The standard InChI is InChI=1S/C36H57BrN4O8/c1-20(2)27-33(44)40(11)29(22(5)6)36(47)49-30(23(7)8)34(45)41-19-15-16-25(41)32(43)39(10)28(21(3)4)35(46)48-26(17-13-12-14-18-37)24(9)31(42)38-27/h20-30H,12-13,15-17,19H2,1-11H3,(H,38,42)/t24-,25-,26+,27-,28-,29-,30-/m0/s1. The molecule has 2 rings (SSSR count). The van der Waals surface area contributed by atoms with E-state index in [2.05, 4.69) is 32.0 Å². The van der Waals surface area contributed by atoms with Crippen molar-refractivity contribution in [3.8, 4) is 10.8 Å². The van der Waals surface area contributed by atoms with Crippen LogP contribution in [0.25, 0.3) is 0 Å². The van der Waals surface area contributed by atoms with Crippen LogP contribution >= 0.6 is 15.9 Å². The number of amides is 4. The molecule has 7 atom stereocenters. The normalized spacial score (nSPS) is 28.6. The molecule has 1 N–H and O–H groups in total. The van der Waals surface area contributed by atoms with Crippen molar-refractivity contribution in [3.05, 3.63) is 0 Å². The van der Waals surface area contributed by atoms with E-state index in [0.717, 1.165) is 0 Å². The van der Waals surface area contributed by atoms with Gasteiger partial charge >= 0.3 is 11.9 Å². The second-order valence-corrected chi connectivity index (χ2v) is 15.1. The predicted molar refractivity (Wildman–Crippen MR) is 189 cm³/mol. The number of likely N-dealkylation sites (N-methyl/N-ethyl adjacent to an activating group) is 2. The van der Waals surface area contributed by atoms with Gasteiger partial charge in [0.15, 0.2) is 6.10 Å². The van der Waals surface area contributed by atoms with E-state index in [-0.39, 0.29) is 18.4 Å². The van der Waals surface area contributed by atoms with Crippen LogP contribution in [-0.2, 0) is 38.2 Å². The number of ether oxygens (including phenoxy) is 2. The van der Waals surface area contributed by atoms with Gasteiger partial charge in [0.1, 0.15) is 30.3 Å². The summed E-state index contributed by atoms with van der Waals surface area (Å²) in [5.41, 5.74) is 0. The van der Waals surface area contributed by atoms with E-state index < -0.39 is 89.7 Å². The van der Waals surface area contributed by atoms with E-state index in [1.165, 1.54) is 28.8 Å². The molecule has 12 nitrogen and oxygen atoms in total. The topological polar surface area (TPSA) is 143 Å². The summed E-state index contributed by atoms with van der Waals surface area (Å²) in [6.45, 7) is 16.2. The van der Waals surface area contributed by atoms with Crippen LogP contribution in [0.4, 0.5) is 0 Å². The van der Waals surface area contributed by atoms with Gasteiger partial charge in [-0.1, -0.05) is 68.2 Å². The zero-order chi connectivity index (χ0) is 37.3. The largest absolute Gasteiger partial charge is 0.460 e. The molecule has 0 aromatic rings. The number of carbonyl (C=O) groups excluding carboxylic acids is 6. The minimum Gasteiger partial charge on any atom is -0.460 e. The Morgan fingerprint density at radius 2 is 1.35 bits per heavy atom. The van der Waals surface area contributed by atoms with E-state index >= 15 is 0 Å². The lowest BCUT2D eigenvalue weighted by molar-refractivity contribution is -0.172. The quantitative estimate of drug-likeness (QED) is 0.236. The molecule has 0 unspecified atom stereocenters. The Morgan fingerprint density at radius 3 is 1.86 bits per heavy atom. The molecule has 0 radical (unpaired) electrons. The van der Waals surface area contributed by atoms with Crippen LogP contribution in [0.1, 0.15) is 94.4 Å². The van der Waals surface area contributed by atoms with E-state index in [1.54, 1.807) is 62.3 Å². The lowest BCUT2D eigenvalue weighted by Crippen LogP contribution is -2.57. The molecular weight excluding hydrogens is 696 g/mol. The molecule has 276 valence electrons. The van der Waals surface area contributed by atoms with Crippen molar-refractivity contribution in [2.75, 3.05) is 20.6 Å². The Balaban J connectivity index is 2.71. The maximum atomic E-state index is 14.1. The number of fused-ring (bicyclic) bond motifs is 1. The number of nitrogens with one attached hydrogen (secondary N) is 1. The highest BCUT2D eigenvalue weighted by Gasteiger charge is 2.45. The molecule has 0 aromatic heterocycles. The molecule has 49 heavy (non-hydrogen) atoms. The maximum absolute atomic E-state index is 14.1. The molecule has 2 aliphatic heterocycles. The number of cyclic esters (lactones) is 2. The SMILES string of the molecule is CC(C)[C@@H]1NC(=O)[C@@H](C)[C@@H](CCCC#CBr)OC(=O)[C@H](C(C)C)N(C)C(=O)[C@@H]2CCCN2C(=O)[C@H](C(C)C)OC(=O)[C@H](C(C)C)N(C)C1=O. The smallest absolute Gasteiger partial charge is 0.329 e. The average Bonchev–Trinajstić information content (AvgIpc) is 3.51. The second kappa shape index (κ2) is 18.7. The van der Waals surface area contributed by atoms with Gasteiger partial charge in [-0.05, 0) is 54.2 Å². The zero-order valence-electron chi connectivity index (χ0n) is 31.1. The van der Waals surface area contributed by atoms with Gasteiger partial charge in [0, 0.05) is 43.0 Å². The van der Waals surface area contributed by atoms with E-state index in [9.17, 15) is 28.8 Å². The molecule has 0 bridgehead atoms. The molecule has 0 saturated carbocycles. The number of carbonyl (C=O) groups is 6. The Hall–Kier alpha value is -3.14. The van der Waals surface area contributed by atoms with Crippen molar-refractivity contribution in [2.24, 2.45) is 29.6 Å². The van der Waals surface area contributed by atoms with E-state index in [4.69, 9.17) is 9.47 Å². The third-order valence-electron chi connectivity index (χ3n) is 9.52. The number of esters is 2. The first-order chi connectivity index (χ1) is 22.9. The average molecular weight is 754 g/mol. The van der Waals surface area contributed by atoms with Gasteiger partial charge in [0.05, 0.1) is 5.92 Å². The molecular formula is C36H57BrN4O8. The molecule has 2 fully saturated rings. The van der Waals surface area contributed by atoms with Gasteiger partial charge in [-0.25, -0.2) is 9.59 Å². The molecule has 4 amide bonds. The summed E-state index contributed by atoms with van der Waals surface area (Å²) >= 11 is 3.08. The summed E-state index contributed by atoms with van der Waals surface area (Å²) in [6, 6.07) is -3.94. The molecule has 0 aromatic carbocycles. The number of hydrogen-bond donors (Lipinski definition) is 1. The van der Waals surface area contributed by atoms with E-state index in [1.807, 2.05) is 0 Å². The Bertz CT molecular complexity index is 1280. The fraction of sp³-hybridized carbons (Fsp3) is 0.778. The molecule has 0 aliphatic carbocycles. The van der Waals surface area contributed by atoms with Crippen molar-refractivity contribution in [2.45, 2.75) is 131 Å². The Kier molecular flexibility index (Phi) is 16.1. The minimum absolute atomic E-state index is 0.285. The van der Waals surface area contributed by atoms with Crippen molar-refractivity contribution in [3.63, 3.8) is 0 Å². The first kappa shape index (κ1) is 42.0. The summed E-state index contributed by atoms with van der Waals surface area (Å²) < 4.78 is 12.0. The number of unbranched alkanes of at least 4 members (excludes halogenated alkanes) is 1. The lowest BCUT2D eigenvalue weighted by Gasteiger charge is -2.36. The van der Waals surface area contributed by atoms with Crippen molar-refractivity contribution in [1.29, 1.82) is 0 Å². The summed E-state index contributed by atoms with van der Waals surface area (Å²) in [4.78, 5) is 90.4. The van der Waals surface area contributed by atoms with Crippen LogP contribution in [0.5, 0.6) is 0 Å². The Labute approximate surface area is 300 Å². The van der Waals surface area contributed by atoms with Crippen LogP contribution < -0.4 is 5.32 Å². The van der Waals surface area contributed by atoms with Crippen molar-refractivity contribution < 1.29 is 38.2 Å². The summed E-state index contributed by atoms with van der Waals surface area (Å²) in [5.74, 6) is -2.83. The third kappa shape index (κ3) is 10.4. The number of nitrogens with zero attached hydrogens (tertiary/aromatic N) is 3. The second-order valence-electron chi connectivity index (χ2n) is 14.7. The molecule has 2 heterocycles. The summed E-state index contributed by atoms with van der Waals surface area (Å²) in [5, 5.41) is 2.86. The van der Waals surface area contributed by atoms with Gasteiger partial charge in [0.2, 0.25) is 17.7 Å². The predicted octanol–water partition coefficient (Wildman–Crippen LogP) is 3.74. The van der Waals surface area contributed by atoms with Gasteiger partial charge in [0.25, 0.3) is 5.91 Å². The molecule has 0 spiro atoms. The fourth-order valence-electron chi connectivity index (χ4n) is 6.64. The van der Waals surface area contributed by atoms with Gasteiger partial charge < -0.3 is 29.5 Å². The van der Waals surface area contributed by atoms with Crippen LogP contribution in [0.2, 0.25) is 0 Å². The van der Waals surface area contributed by atoms with Crippen LogP contribution in [0.3, 0.4) is 0 Å². The van der Waals surface area contributed by atoms with Gasteiger partial charge in [-0.2, -0.15) is 0 Å². The lowest BCUT2D eigenvalue weighted by atomic mass is 9.95. The number of hydrogen-bond acceptors (Lipinski definition) is 8. The molecule has 13 heteroatoms. The third-order valence-corrected chi connectivity index (χ3v) is 9.80.